The fraction of sp³-hybridized carbons (Fsp3) is 0.400. The number of hydrogen-bond acceptors (Lipinski definition) is 1. The minimum atomic E-state index is -4.26. The molecule has 0 fully saturated rings. The summed E-state index contributed by atoms with van der Waals surface area (Å²) in [7, 11) is 0. The molecule has 16 heavy (non-hydrogen) atoms. The van der Waals surface area contributed by atoms with Gasteiger partial charge in [-0.1, -0.05) is 6.07 Å². The van der Waals surface area contributed by atoms with E-state index in [1.54, 1.807) is 0 Å². The molecule has 0 saturated heterocycles. The molecular formula is C10H10F5N. The molecule has 6 heteroatoms. The van der Waals surface area contributed by atoms with E-state index in [2.05, 4.69) is 5.32 Å². The van der Waals surface area contributed by atoms with Gasteiger partial charge in [0.25, 0.3) is 0 Å². The lowest BCUT2D eigenvalue weighted by atomic mass is 10.2. The van der Waals surface area contributed by atoms with Crippen LogP contribution in [-0.4, -0.2) is 12.7 Å². The molecule has 1 nitrogen and oxygen atoms in total. The maximum absolute atomic E-state index is 13.0. The monoisotopic (exact) mass is 239 g/mol. The van der Waals surface area contributed by atoms with Crippen molar-refractivity contribution in [2.24, 2.45) is 0 Å². The SMILES string of the molecule is Fc1cccc(F)c1CNCCC(F)(F)F. The Bertz CT molecular complexity index is 327. The van der Waals surface area contributed by atoms with Gasteiger partial charge in [0.15, 0.2) is 0 Å². The van der Waals surface area contributed by atoms with Crippen molar-refractivity contribution in [3.05, 3.63) is 35.4 Å². The topological polar surface area (TPSA) is 12.0 Å². The van der Waals surface area contributed by atoms with E-state index in [-0.39, 0.29) is 18.7 Å². The molecule has 90 valence electrons. The van der Waals surface area contributed by atoms with Crippen LogP contribution in [0.15, 0.2) is 18.2 Å². The lowest BCUT2D eigenvalue weighted by Gasteiger charge is -2.08. The predicted octanol–water partition coefficient (Wildman–Crippen LogP) is 3.01. The minimum absolute atomic E-state index is 0.246. The summed E-state index contributed by atoms with van der Waals surface area (Å²) in [5, 5.41) is 2.34. The van der Waals surface area contributed by atoms with Crippen molar-refractivity contribution in [1.29, 1.82) is 0 Å². The van der Waals surface area contributed by atoms with Gasteiger partial charge in [-0.2, -0.15) is 13.2 Å². The first-order valence-electron chi connectivity index (χ1n) is 4.60. The van der Waals surface area contributed by atoms with Gasteiger partial charge in [-0.05, 0) is 12.1 Å². The highest BCUT2D eigenvalue weighted by Gasteiger charge is 2.26. The Morgan fingerprint density at radius 3 is 2.12 bits per heavy atom. The molecule has 0 bridgehead atoms. The molecule has 0 saturated carbocycles. The molecule has 0 heterocycles. The normalized spacial score (nSPS) is 11.8. The van der Waals surface area contributed by atoms with Gasteiger partial charge < -0.3 is 5.32 Å². The lowest BCUT2D eigenvalue weighted by molar-refractivity contribution is -0.133. The summed E-state index contributed by atoms with van der Waals surface area (Å²) in [5.41, 5.74) is -0.246. The van der Waals surface area contributed by atoms with Crippen LogP contribution in [0.1, 0.15) is 12.0 Å². The molecule has 0 aromatic heterocycles. The molecule has 0 radical (unpaired) electrons. The zero-order valence-corrected chi connectivity index (χ0v) is 8.24. The second-order valence-electron chi connectivity index (χ2n) is 3.24. The van der Waals surface area contributed by atoms with Crippen LogP contribution in [-0.2, 0) is 6.54 Å². The molecule has 1 rings (SSSR count). The smallest absolute Gasteiger partial charge is 0.312 e. The molecule has 0 atom stereocenters. The zero-order valence-electron chi connectivity index (χ0n) is 8.24. The van der Waals surface area contributed by atoms with E-state index in [9.17, 15) is 22.0 Å². The van der Waals surface area contributed by atoms with Crippen LogP contribution >= 0.6 is 0 Å². The highest BCUT2D eigenvalue weighted by molar-refractivity contribution is 5.19. The van der Waals surface area contributed by atoms with Crippen molar-refractivity contribution >= 4 is 0 Å². The van der Waals surface area contributed by atoms with Gasteiger partial charge in [0.1, 0.15) is 11.6 Å². The molecular weight excluding hydrogens is 229 g/mol. The third-order valence-corrected chi connectivity index (χ3v) is 1.95. The Balaban J connectivity index is 2.43. The number of halogens is 5. The first kappa shape index (κ1) is 12.9. The number of benzene rings is 1. The molecule has 0 spiro atoms. The second kappa shape index (κ2) is 5.25. The van der Waals surface area contributed by atoms with Gasteiger partial charge in [-0.25, -0.2) is 8.78 Å². The summed E-state index contributed by atoms with van der Waals surface area (Å²) < 4.78 is 61.3. The quantitative estimate of drug-likeness (QED) is 0.629. The Kier molecular flexibility index (Phi) is 4.23. The van der Waals surface area contributed by atoms with Crippen LogP contribution < -0.4 is 5.32 Å². The number of rotatable bonds is 4. The molecule has 0 aliphatic rings. The van der Waals surface area contributed by atoms with Crippen LogP contribution in [0.25, 0.3) is 0 Å². The van der Waals surface area contributed by atoms with E-state index in [0.717, 1.165) is 12.1 Å². The molecule has 1 aromatic rings. The van der Waals surface area contributed by atoms with Crippen molar-refractivity contribution in [1.82, 2.24) is 5.32 Å². The van der Waals surface area contributed by atoms with Gasteiger partial charge in [-0.15, -0.1) is 0 Å². The summed E-state index contributed by atoms with van der Waals surface area (Å²) in [6.45, 7) is -0.619. The summed E-state index contributed by atoms with van der Waals surface area (Å²) in [6, 6.07) is 3.32. The van der Waals surface area contributed by atoms with Crippen LogP contribution in [0.3, 0.4) is 0 Å². The predicted molar refractivity (Wildman–Crippen MR) is 48.7 cm³/mol. The molecule has 1 aromatic carbocycles. The van der Waals surface area contributed by atoms with Gasteiger partial charge in [-0.3, -0.25) is 0 Å². The minimum Gasteiger partial charge on any atom is -0.312 e. The van der Waals surface area contributed by atoms with Crippen LogP contribution in [0.5, 0.6) is 0 Å². The fourth-order valence-electron chi connectivity index (χ4n) is 1.14. The second-order valence-corrected chi connectivity index (χ2v) is 3.24. The Morgan fingerprint density at radius 2 is 1.62 bits per heavy atom. The van der Waals surface area contributed by atoms with Crippen molar-refractivity contribution in [2.45, 2.75) is 19.1 Å². The first-order chi connectivity index (χ1) is 7.40. The molecule has 0 aliphatic heterocycles. The highest BCUT2D eigenvalue weighted by atomic mass is 19.4. The molecule has 0 unspecified atom stereocenters. The van der Waals surface area contributed by atoms with Crippen LogP contribution in [0.2, 0.25) is 0 Å². The van der Waals surface area contributed by atoms with E-state index in [4.69, 9.17) is 0 Å². The number of alkyl halides is 3. The summed E-state index contributed by atoms with van der Waals surface area (Å²) in [5.74, 6) is -1.53. The summed E-state index contributed by atoms with van der Waals surface area (Å²) >= 11 is 0. The average molecular weight is 239 g/mol. The van der Waals surface area contributed by atoms with Crippen molar-refractivity contribution in [3.8, 4) is 0 Å². The van der Waals surface area contributed by atoms with E-state index < -0.39 is 24.2 Å². The molecule has 1 N–H and O–H groups in total. The standard InChI is InChI=1S/C10H10F5N/c11-8-2-1-3-9(12)7(8)6-16-5-4-10(13,14)15/h1-3,16H,4-6H2. The maximum atomic E-state index is 13.0. The van der Waals surface area contributed by atoms with Gasteiger partial charge in [0.05, 0.1) is 6.42 Å². The third-order valence-electron chi connectivity index (χ3n) is 1.95. The van der Waals surface area contributed by atoms with Crippen molar-refractivity contribution in [2.75, 3.05) is 6.54 Å². The number of nitrogens with one attached hydrogen (secondary N) is 1. The van der Waals surface area contributed by atoms with E-state index in [1.165, 1.54) is 6.07 Å². The van der Waals surface area contributed by atoms with E-state index >= 15 is 0 Å². The first-order valence-corrected chi connectivity index (χ1v) is 4.60. The molecule has 0 amide bonds. The average Bonchev–Trinajstić information content (AvgIpc) is 2.14. The fourth-order valence-corrected chi connectivity index (χ4v) is 1.14. The third kappa shape index (κ3) is 4.14. The lowest BCUT2D eigenvalue weighted by Crippen LogP contribution is -2.22. The summed E-state index contributed by atoms with van der Waals surface area (Å²) in [4.78, 5) is 0. The van der Waals surface area contributed by atoms with Crippen molar-refractivity contribution in [3.63, 3.8) is 0 Å². The van der Waals surface area contributed by atoms with Gasteiger partial charge in [0.2, 0.25) is 0 Å². The van der Waals surface area contributed by atoms with Gasteiger partial charge in [0, 0.05) is 18.7 Å². The van der Waals surface area contributed by atoms with Crippen molar-refractivity contribution < 1.29 is 22.0 Å². The number of hydrogen-bond donors (Lipinski definition) is 1. The highest BCUT2D eigenvalue weighted by Crippen LogP contribution is 2.18. The maximum Gasteiger partial charge on any atom is 0.390 e. The molecule has 0 aliphatic carbocycles. The van der Waals surface area contributed by atoms with Crippen LogP contribution in [0.4, 0.5) is 22.0 Å². The van der Waals surface area contributed by atoms with E-state index in [1.807, 2.05) is 0 Å². The van der Waals surface area contributed by atoms with Crippen LogP contribution in [0, 0.1) is 11.6 Å². The van der Waals surface area contributed by atoms with Gasteiger partial charge >= 0.3 is 6.18 Å². The Morgan fingerprint density at radius 1 is 1.06 bits per heavy atom. The zero-order chi connectivity index (χ0) is 12.2. The van der Waals surface area contributed by atoms with E-state index in [0.29, 0.717) is 0 Å². The largest absolute Gasteiger partial charge is 0.390 e. The summed E-state index contributed by atoms with van der Waals surface area (Å²) in [6.07, 6.45) is -5.29. The Hall–Kier alpha value is -1.17. The Labute approximate surface area is 89.3 Å².